The number of methoxy groups -OCH3 is 2. The van der Waals surface area contributed by atoms with Crippen molar-refractivity contribution in [1.29, 1.82) is 0 Å². The number of nitrogens with one attached hydrogen (secondary N) is 2. The van der Waals surface area contributed by atoms with E-state index in [1.165, 1.54) is 20.6 Å². The van der Waals surface area contributed by atoms with E-state index in [0.717, 1.165) is 19.5 Å². The molecule has 0 spiro atoms. The van der Waals surface area contributed by atoms with E-state index in [2.05, 4.69) is 22.5 Å². The number of carbonyl (C=O) groups is 2. The molecule has 0 saturated carbocycles. The highest BCUT2D eigenvalue weighted by molar-refractivity contribution is 6.05. The number of ether oxygens (including phenoxy) is 2. The van der Waals surface area contributed by atoms with Crippen molar-refractivity contribution >= 4 is 23.2 Å². The van der Waals surface area contributed by atoms with Crippen LogP contribution in [0.4, 0.5) is 11.4 Å². The van der Waals surface area contributed by atoms with Gasteiger partial charge >= 0.3 is 0 Å². The van der Waals surface area contributed by atoms with E-state index in [1.807, 2.05) is 6.07 Å². The lowest BCUT2D eigenvalue weighted by Crippen LogP contribution is -2.39. The van der Waals surface area contributed by atoms with Crippen LogP contribution < -0.4 is 20.1 Å². The summed E-state index contributed by atoms with van der Waals surface area (Å²) in [4.78, 5) is 27.3. The van der Waals surface area contributed by atoms with Gasteiger partial charge < -0.3 is 20.1 Å². The number of carbonyl (C=O) groups excluding carboxylic acids is 2. The second kappa shape index (κ2) is 10.1. The Kier molecular flexibility index (Phi) is 7.30. The van der Waals surface area contributed by atoms with Crippen molar-refractivity contribution in [3.05, 3.63) is 48.0 Å². The van der Waals surface area contributed by atoms with Crippen molar-refractivity contribution in [2.75, 3.05) is 44.5 Å². The van der Waals surface area contributed by atoms with Gasteiger partial charge in [-0.25, -0.2) is 0 Å². The molecule has 7 heteroatoms. The summed E-state index contributed by atoms with van der Waals surface area (Å²) in [7, 11) is 3.04. The Morgan fingerprint density at radius 2 is 1.67 bits per heavy atom. The number of benzene rings is 2. The first-order chi connectivity index (χ1) is 14.5. The molecule has 1 heterocycles. The van der Waals surface area contributed by atoms with Crippen LogP contribution in [0.15, 0.2) is 42.5 Å². The van der Waals surface area contributed by atoms with Crippen LogP contribution in [0.3, 0.4) is 0 Å². The first-order valence-electron chi connectivity index (χ1n) is 10.1. The Morgan fingerprint density at radius 1 is 1.03 bits per heavy atom. The summed E-state index contributed by atoms with van der Waals surface area (Å²) >= 11 is 0. The van der Waals surface area contributed by atoms with Gasteiger partial charge in [0.05, 0.1) is 32.1 Å². The van der Waals surface area contributed by atoms with Crippen LogP contribution in [-0.4, -0.2) is 50.6 Å². The molecule has 2 aromatic carbocycles. The van der Waals surface area contributed by atoms with Crippen LogP contribution in [0.1, 0.15) is 30.1 Å². The van der Waals surface area contributed by atoms with E-state index in [9.17, 15) is 9.59 Å². The van der Waals surface area contributed by atoms with Crippen molar-refractivity contribution in [2.45, 2.75) is 19.8 Å². The van der Waals surface area contributed by atoms with E-state index >= 15 is 0 Å². The fraction of sp³-hybridized carbons (Fsp3) is 0.391. The van der Waals surface area contributed by atoms with Crippen LogP contribution in [-0.2, 0) is 4.79 Å². The van der Waals surface area contributed by atoms with Crippen LogP contribution in [0.5, 0.6) is 11.5 Å². The molecule has 30 heavy (non-hydrogen) atoms. The minimum Gasteiger partial charge on any atom is -0.494 e. The maximum absolute atomic E-state index is 12.6. The molecular weight excluding hydrogens is 382 g/mol. The van der Waals surface area contributed by atoms with Crippen molar-refractivity contribution in [3.8, 4) is 11.5 Å². The second-order valence-electron chi connectivity index (χ2n) is 7.60. The Hall–Kier alpha value is -3.06. The Bertz CT molecular complexity index is 886. The van der Waals surface area contributed by atoms with Crippen molar-refractivity contribution in [2.24, 2.45) is 5.92 Å². The van der Waals surface area contributed by atoms with Gasteiger partial charge in [-0.1, -0.05) is 25.1 Å². The number of nitrogens with zero attached hydrogens (tertiary/aromatic N) is 1. The van der Waals surface area contributed by atoms with E-state index < -0.39 is 0 Å². The predicted molar refractivity (Wildman–Crippen MR) is 117 cm³/mol. The third-order valence-corrected chi connectivity index (χ3v) is 5.19. The fourth-order valence-corrected chi connectivity index (χ4v) is 3.70. The third kappa shape index (κ3) is 5.51. The summed E-state index contributed by atoms with van der Waals surface area (Å²) in [5.74, 6) is 1.12. The number of hydrogen-bond donors (Lipinski definition) is 2. The van der Waals surface area contributed by atoms with E-state index in [4.69, 9.17) is 9.47 Å². The zero-order valence-corrected chi connectivity index (χ0v) is 17.7. The van der Waals surface area contributed by atoms with Gasteiger partial charge in [0.15, 0.2) is 0 Å². The summed E-state index contributed by atoms with van der Waals surface area (Å²) in [6, 6.07) is 12.2. The quantitative estimate of drug-likeness (QED) is 0.727. The van der Waals surface area contributed by atoms with Gasteiger partial charge in [-0.05, 0) is 37.4 Å². The van der Waals surface area contributed by atoms with Crippen LogP contribution in [0.25, 0.3) is 0 Å². The summed E-state index contributed by atoms with van der Waals surface area (Å²) in [6.45, 7) is 4.41. The lowest BCUT2D eigenvalue weighted by atomic mass is 10.0. The van der Waals surface area contributed by atoms with E-state index in [-0.39, 0.29) is 11.8 Å². The molecule has 0 bridgehead atoms. The van der Waals surface area contributed by atoms with Gasteiger partial charge in [0, 0.05) is 24.2 Å². The molecule has 1 aliphatic heterocycles. The molecule has 0 aromatic heterocycles. The maximum atomic E-state index is 12.6. The Morgan fingerprint density at radius 3 is 2.27 bits per heavy atom. The topological polar surface area (TPSA) is 79.9 Å². The highest BCUT2D eigenvalue weighted by atomic mass is 16.5. The van der Waals surface area contributed by atoms with Crippen molar-refractivity contribution in [3.63, 3.8) is 0 Å². The lowest BCUT2D eigenvalue weighted by molar-refractivity contribution is -0.117. The summed E-state index contributed by atoms with van der Waals surface area (Å²) in [6.07, 6.45) is 2.32. The van der Waals surface area contributed by atoms with Gasteiger partial charge in [0.2, 0.25) is 5.91 Å². The molecule has 160 valence electrons. The van der Waals surface area contributed by atoms with Gasteiger partial charge in [-0.3, -0.25) is 14.5 Å². The first-order valence-corrected chi connectivity index (χ1v) is 10.1. The number of rotatable bonds is 7. The zero-order valence-electron chi connectivity index (χ0n) is 17.7. The molecule has 0 unspecified atom stereocenters. The molecule has 0 radical (unpaired) electrons. The molecule has 2 N–H and O–H groups in total. The molecule has 1 fully saturated rings. The highest BCUT2D eigenvalue weighted by Crippen LogP contribution is 2.36. The average molecular weight is 412 g/mol. The molecule has 0 aliphatic carbocycles. The lowest BCUT2D eigenvalue weighted by Gasteiger charge is -2.30. The van der Waals surface area contributed by atoms with E-state index in [1.54, 1.807) is 36.4 Å². The number of hydrogen-bond acceptors (Lipinski definition) is 5. The number of piperidine rings is 1. The van der Waals surface area contributed by atoms with Crippen molar-refractivity contribution < 1.29 is 19.1 Å². The molecule has 1 aliphatic rings. The Labute approximate surface area is 177 Å². The molecule has 3 rings (SSSR count). The van der Waals surface area contributed by atoms with Crippen LogP contribution in [0.2, 0.25) is 0 Å². The predicted octanol–water partition coefficient (Wildman–Crippen LogP) is 3.63. The molecule has 2 aromatic rings. The Balaban J connectivity index is 1.74. The second-order valence-corrected chi connectivity index (χ2v) is 7.60. The van der Waals surface area contributed by atoms with Gasteiger partial charge in [0.1, 0.15) is 11.5 Å². The first kappa shape index (κ1) is 21.6. The number of likely N-dealkylation sites (tertiary alicyclic amines) is 1. The normalized spacial score (nSPS) is 16.6. The average Bonchev–Trinajstić information content (AvgIpc) is 2.74. The van der Waals surface area contributed by atoms with Gasteiger partial charge in [0.25, 0.3) is 5.91 Å². The van der Waals surface area contributed by atoms with E-state index in [0.29, 0.717) is 40.9 Å². The van der Waals surface area contributed by atoms with Crippen LogP contribution >= 0.6 is 0 Å². The van der Waals surface area contributed by atoms with Gasteiger partial charge in [-0.2, -0.15) is 0 Å². The smallest absolute Gasteiger partial charge is 0.255 e. The molecule has 2 amide bonds. The summed E-state index contributed by atoms with van der Waals surface area (Å²) in [5.41, 5.74) is 1.50. The van der Waals surface area contributed by atoms with Crippen LogP contribution in [0, 0.1) is 5.92 Å². The minimum absolute atomic E-state index is 0.106. The SMILES string of the molecule is COc1cc(NC(=O)c2ccccc2)c(OC)cc1NC(=O)CN1CCC[C@H](C)C1. The minimum atomic E-state index is -0.257. The molecule has 7 nitrogen and oxygen atoms in total. The summed E-state index contributed by atoms with van der Waals surface area (Å²) in [5, 5.41) is 5.75. The van der Waals surface area contributed by atoms with Crippen molar-refractivity contribution in [1.82, 2.24) is 4.90 Å². The van der Waals surface area contributed by atoms with Gasteiger partial charge in [-0.15, -0.1) is 0 Å². The fourth-order valence-electron chi connectivity index (χ4n) is 3.70. The standard InChI is InChI=1S/C23H29N3O4/c1-16-8-7-11-26(14-16)15-22(27)24-18-12-21(30-3)19(13-20(18)29-2)25-23(28)17-9-5-4-6-10-17/h4-6,9-10,12-13,16H,7-8,11,14-15H2,1-3H3,(H,24,27)(H,25,28)/t16-/m0/s1. The summed E-state index contributed by atoms with van der Waals surface area (Å²) < 4.78 is 10.9. The highest BCUT2D eigenvalue weighted by Gasteiger charge is 2.20. The maximum Gasteiger partial charge on any atom is 0.255 e. The zero-order chi connectivity index (χ0) is 21.5. The number of amides is 2. The largest absolute Gasteiger partial charge is 0.494 e. The number of anilines is 2. The molecule has 1 atom stereocenters. The monoisotopic (exact) mass is 411 g/mol. The molecule has 1 saturated heterocycles. The third-order valence-electron chi connectivity index (χ3n) is 5.19. The molecular formula is C23H29N3O4.